The summed E-state index contributed by atoms with van der Waals surface area (Å²) in [5.41, 5.74) is 0.0377. The molecule has 6 nitrogen and oxygen atoms in total. The highest BCUT2D eigenvalue weighted by atomic mass is 16.5. The monoisotopic (exact) mass is 348 g/mol. The van der Waals surface area contributed by atoms with Gasteiger partial charge >= 0.3 is 0 Å². The predicted octanol–water partition coefficient (Wildman–Crippen LogP) is 0.889. The van der Waals surface area contributed by atoms with E-state index in [-0.39, 0.29) is 19.1 Å². The van der Waals surface area contributed by atoms with Gasteiger partial charge in [-0.1, -0.05) is 30.3 Å². The summed E-state index contributed by atoms with van der Waals surface area (Å²) in [6.07, 6.45) is 2.35. The van der Waals surface area contributed by atoms with Crippen LogP contribution in [0.2, 0.25) is 0 Å². The molecule has 0 bridgehead atoms. The summed E-state index contributed by atoms with van der Waals surface area (Å²) in [6.45, 7) is 4.54. The number of nitrogens with zero attached hydrogens (tertiary/aromatic N) is 2. The van der Waals surface area contributed by atoms with Crippen LogP contribution in [0, 0.1) is 0 Å². The molecular formula is C19H28N2O4. The summed E-state index contributed by atoms with van der Waals surface area (Å²) in [4.78, 5) is 16.4. The van der Waals surface area contributed by atoms with Crippen LogP contribution in [0.3, 0.4) is 0 Å². The zero-order chi connectivity index (χ0) is 17.5. The van der Waals surface area contributed by atoms with Crippen LogP contribution in [0.25, 0.3) is 0 Å². The van der Waals surface area contributed by atoms with Crippen molar-refractivity contribution in [2.45, 2.75) is 25.0 Å². The lowest BCUT2D eigenvalue weighted by molar-refractivity contribution is -0.139. The molecule has 6 heteroatoms. The fourth-order valence-electron chi connectivity index (χ4n) is 3.50. The summed E-state index contributed by atoms with van der Waals surface area (Å²) in [6, 6.07) is 9.79. The van der Waals surface area contributed by atoms with Gasteiger partial charge in [0.15, 0.2) is 0 Å². The van der Waals surface area contributed by atoms with Crippen molar-refractivity contribution in [1.29, 1.82) is 0 Å². The van der Waals surface area contributed by atoms with E-state index in [1.165, 1.54) is 12.8 Å². The van der Waals surface area contributed by atoms with E-state index in [0.717, 1.165) is 18.7 Å². The zero-order valence-corrected chi connectivity index (χ0v) is 14.7. The summed E-state index contributed by atoms with van der Waals surface area (Å²) < 4.78 is 11.1. The molecule has 0 radical (unpaired) electrons. The number of ether oxygens (including phenoxy) is 2. The van der Waals surface area contributed by atoms with Crippen LogP contribution in [0.4, 0.5) is 0 Å². The minimum atomic E-state index is -1.00. The second kappa shape index (κ2) is 8.76. The number of carbonyl (C=O) groups excluding carboxylic acids is 1. The van der Waals surface area contributed by atoms with Crippen molar-refractivity contribution in [3.63, 3.8) is 0 Å². The van der Waals surface area contributed by atoms with E-state index in [1.54, 1.807) is 4.90 Å². The number of aliphatic hydroxyl groups is 1. The van der Waals surface area contributed by atoms with Crippen LogP contribution >= 0.6 is 0 Å². The number of rotatable bonds is 6. The number of hydrogen-bond donors (Lipinski definition) is 1. The fourth-order valence-corrected chi connectivity index (χ4v) is 3.50. The van der Waals surface area contributed by atoms with E-state index >= 15 is 0 Å². The highest BCUT2D eigenvalue weighted by Crippen LogP contribution is 2.18. The molecular weight excluding hydrogens is 320 g/mol. The molecule has 0 spiro atoms. The SMILES string of the molecule is O=C(COCc1ccccc1)N1CCOC[C@@](O)(CN2CCCC2)C1. The first kappa shape index (κ1) is 18.3. The molecule has 2 aliphatic heterocycles. The summed E-state index contributed by atoms with van der Waals surface area (Å²) >= 11 is 0. The molecule has 3 rings (SSSR count). The normalized spacial score (nSPS) is 25.1. The standard InChI is InChI=1S/C19H28N2O4/c22-18(13-25-12-17-6-2-1-3-7-17)21-10-11-24-16-19(23,15-21)14-20-8-4-5-9-20/h1-3,6-7,23H,4-5,8-16H2/t19-/m1/s1. The number of carbonyl (C=O) groups is 1. The van der Waals surface area contributed by atoms with Crippen molar-refractivity contribution in [2.75, 3.05) is 52.5 Å². The molecule has 1 aromatic rings. The van der Waals surface area contributed by atoms with Gasteiger partial charge in [0.05, 0.1) is 26.4 Å². The minimum Gasteiger partial charge on any atom is -0.384 e. The molecule has 2 heterocycles. The number of likely N-dealkylation sites (tertiary alicyclic amines) is 1. The van der Waals surface area contributed by atoms with Gasteiger partial charge in [-0.3, -0.25) is 4.79 Å². The lowest BCUT2D eigenvalue weighted by atomic mass is 10.0. The highest BCUT2D eigenvalue weighted by Gasteiger charge is 2.36. The Morgan fingerprint density at radius 1 is 1.20 bits per heavy atom. The van der Waals surface area contributed by atoms with Gasteiger partial charge < -0.3 is 24.4 Å². The average molecular weight is 348 g/mol. The highest BCUT2D eigenvalue weighted by molar-refractivity contribution is 5.77. The van der Waals surface area contributed by atoms with Gasteiger partial charge in [0.1, 0.15) is 12.2 Å². The maximum absolute atomic E-state index is 12.5. The first-order chi connectivity index (χ1) is 12.1. The van der Waals surface area contributed by atoms with Crippen molar-refractivity contribution in [1.82, 2.24) is 9.80 Å². The van der Waals surface area contributed by atoms with Crippen LogP contribution in [0.5, 0.6) is 0 Å². The van der Waals surface area contributed by atoms with Gasteiger partial charge in [-0.15, -0.1) is 0 Å². The molecule has 0 unspecified atom stereocenters. The summed E-state index contributed by atoms with van der Waals surface area (Å²) in [7, 11) is 0. The van der Waals surface area contributed by atoms with Gasteiger partial charge in [-0.05, 0) is 31.5 Å². The number of β-amino-alcohol motifs (C(OH)–C–C–N with tert-alkyl or cyclic N) is 1. The molecule has 2 saturated heterocycles. The third-order valence-corrected chi connectivity index (χ3v) is 4.77. The third-order valence-electron chi connectivity index (χ3n) is 4.77. The summed E-state index contributed by atoms with van der Waals surface area (Å²) in [5, 5.41) is 10.9. The van der Waals surface area contributed by atoms with Gasteiger partial charge in [-0.25, -0.2) is 0 Å². The molecule has 1 N–H and O–H groups in total. The summed E-state index contributed by atoms with van der Waals surface area (Å²) in [5.74, 6) is -0.0960. The van der Waals surface area contributed by atoms with Crippen LogP contribution in [-0.4, -0.2) is 79.0 Å². The van der Waals surface area contributed by atoms with Crippen molar-refractivity contribution < 1.29 is 19.4 Å². The lowest BCUT2D eigenvalue weighted by Crippen LogP contribution is -2.53. The fraction of sp³-hybridized carbons (Fsp3) is 0.632. The van der Waals surface area contributed by atoms with Gasteiger partial charge in [0.2, 0.25) is 5.91 Å². The van der Waals surface area contributed by atoms with Crippen LogP contribution < -0.4 is 0 Å². The van der Waals surface area contributed by atoms with Crippen molar-refractivity contribution in [3.8, 4) is 0 Å². The minimum absolute atomic E-state index is 0.0225. The number of amides is 1. The van der Waals surface area contributed by atoms with E-state index in [1.807, 2.05) is 30.3 Å². The third kappa shape index (κ3) is 5.51. The smallest absolute Gasteiger partial charge is 0.248 e. The topological polar surface area (TPSA) is 62.2 Å². The van der Waals surface area contributed by atoms with Gasteiger partial charge in [0, 0.05) is 13.1 Å². The Bertz CT molecular complexity index is 548. The first-order valence-electron chi connectivity index (χ1n) is 9.07. The Labute approximate surface area is 149 Å². The van der Waals surface area contributed by atoms with Crippen LogP contribution in [-0.2, 0) is 20.9 Å². The predicted molar refractivity (Wildman–Crippen MR) is 94.1 cm³/mol. The van der Waals surface area contributed by atoms with Crippen molar-refractivity contribution >= 4 is 5.91 Å². The molecule has 25 heavy (non-hydrogen) atoms. The first-order valence-corrected chi connectivity index (χ1v) is 9.07. The molecule has 2 fully saturated rings. The van der Waals surface area contributed by atoms with Crippen molar-refractivity contribution in [2.24, 2.45) is 0 Å². The van der Waals surface area contributed by atoms with Crippen molar-refractivity contribution in [3.05, 3.63) is 35.9 Å². The Kier molecular flexibility index (Phi) is 6.42. The maximum atomic E-state index is 12.5. The molecule has 0 saturated carbocycles. The molecule has 2 aliphatic rings. The quantitative estimate of drug-likeness (QED) is 0.827. The molecule has 0 aromatic heterocycles. The molecule has 138 valence electrons. The largest absolute Gasteiger partial charge is 0.384 e. The second-order valence-electron chi connectivity index (χ2n) is 7.05. The molecule has 1 amide bonds. The maximum Gasteiger partial charge on any atom is 0.248 e. The second-order valence-corrected chi connectivity index (χ2v) is 7.05. The lowest BCUT2D eigenvalue weighted by Gasteiger charge is -2.34. The van der Waals surface area contributed by atoms with E-state index in [0.29, 0.717) is 32.8 Å². The Morgan fingerprint density at radius 3 is 2.72 bits per heavy atom. The van der Waals surface area contributed by atoms with Gasteiger partial charge in [0.25, 0.3) is 0 Å². The van der Waals surface area contributed by atoms with Gasteiger partial charge in [-0.2, -0.15) is 0 Å². The Hall–Kier alpha value is -1.47. The molecule has 0 aliphatic carbocycles. The Morgan fingerprint density at radius 2 is 1.96 bits per heavy atom. The average Bonchev–Trinajstić information content (AvgIpc) is 3.03. The van der Waals surface area contributed by atoms with E-state index in [2.05, 4.69) is 4.90 Å². The molecule has 1 aromatic carbocycles. The zero-order valence-electron chi connectivity index (χ0n) is 14.7. The molecule has 1 atom stereocenters. The van der Waals surface area contributed by atoms with E-state index in [4.69, 9.17) is 9.47 Å². The van der Waals surface area contributed by atoms with E-state index in [9.17, 15) is 9.90 Å². The Balaban J connectivity index is 1.50. The number of benzene rings is 1. The number of hydrogen-bond acceptors (Lipinski definition) is 5. The van der Waals surface area contributed by atoms with Crippen LogP contribution in [0.1, 0.15) is 18.4 Å². The van der Waals surface area contributed by atoms with E-state index < -0.39 is 5.60 Å². The van der Waals surface area contributed by atoms with Crippen LogP contribution in [0.15, 0.2) is 30.3 Å².